The lowest BCUT2D eigenvalue weighted by Gasteiger charge is -2.21. The number of hydrogen-bond donors (Lipinski definition) is 1. The van der Waals surface area contributed by atoms with Crippen molar-refractivity contribution < 1.29 is 9.90 Å². The molecule has 24 heavy (non-hydrogen) atoms. The topological polar surface area (TPSA) is 52.9 Å². The van der Waals surface area contributed by atoms with Crippen molar-refractivity contribution in [2.45, 2.75) is 32.7 Å². The van der Waals surface area contributed by atoms with E-state index in [1.165, 1.54) is 0 Å². The first kappa shape index (κ1) is 17.7. The highest BCUT2D eigenvalue weighted by Gasteiger charge is 2.20. The van der Waals surface area contributed by atoms with Crippen LogP contribution in [0.3, 0.4) is 0 Å². The van der Waals surface area contributed by atoms with Gasteiger partial charge in [0.1, 0.15) is 0 Å². The molecule has 0 radical (unpaired) electrons. The van der Waals surface area contributed by atoms with E-state index in [0.29, 0.717) is 19.5 Å². The van der Waals surface area contributed by atoms with E-state index >= 15 is 0 Å². The molecular weight excluding hydrogens is 300 g/mol. The number of rotatable bonds is 8. The largest absolute Gasteiger partial charge is 0.481 e. The third-order valence-electron chi connectivity index (χ3n) is 3.91. The maximum Gasteiger partial charge on any atom is 0.311 e. The first-order valence-corrected chi connectivity index (χ1v) is 8.17. The molecule has 1 N–H and O–H groups in total. The third kappa shape index (κ3) is 5.23. The average molecular weight is 324 g/mol. The lowest BCUT2D eigenvalue weighted by Crippen LogP contribution is -2.23. The van der Waals surface area contributed by atoms with E-state index in [2.05, 4.69) is 5.10 Å². The Labute approximate surface area is 143 Å². The number of carboxylic acid groups (broad SMARTS) is 1. The molecule has 1 unspecified atom stereocenters. The molecular formula is C20H24N2O2. The Bertz CT molecular complexity index is 683. The van der Waals surface area contributed by atoms with Crippen molar-refractivity contribution in [3.05, 3.63) is 71.3 Å². The van der Waals surface area contributed by atoms with Crippen LogP contribution >= 0.6 is 0 Å². The molecule has 0 amide bonds. The molecule has 0 aromatic heterocycles. The minimum Gasteiger partial charge on any atom is -0.481 e. The maximum absolute atomic E-state index is 11.7. The normalized spacial score (nSPS) is 12.2. The van der Waals surface area contributed by atoms with E-state index in [0.717, 1.165) is 16.7 Å². The van der Waals surface area contributed by atoms with E-state index in [1.54, 1.807) is 6.21 Å². The van der Waals surface area contributed by atoms with Crippen LogP contribution in [0, 0.1) is 6.92 Å². The summed E-state index contributed by atoms with van der Waals surface area (Å²) >= 11 is 0. The number of aliphatic carboxylic acids is 1. The zero-order valence-corrected chi connectivity index (χ0v) is 14.2. The van der Waals surface area contributed by atoms with Crippen LogP contribution in [0.1, 0.15) is 36.0 Å². The monoisotopic (exact) mass is 324 g/mol. The zero-order chi connectivity index (χ0) is 17.4. The first-order valence-electron chi connectivity index (χ1n) is 8.17. The summed E-state index contributed by atoms with van der Waals surface area (Å²) in [4.78, 5) is 11.7. The number of nitrogens with zero attached hydrogens (tertiary/aromatic N) is 2. The Morgan fingerprint density at radius 2 is 1.96 bits per heavy atom. The fourth-order valence-electron chi connectivity index (χ4n) is 2.73. The molecule has 4 nitrogen and oxygen atoms in total. The van der Waals surface area contributed by atoms with E-state index in [1.807, 2.05) is 73.5 Å². The van der Waals surface area contributed by atoms with Crippen molar-refractivity contribution in [3.63, 3.8) is 0 Å². The molecule has 0 fully saturated rings. The summed E-state index contributed by atoms with van der Waals surface area (Å²) < 4.78 is 0. The van der Waals surface area contributed by atoms with Gasteiger partial charge in [0.2, 0.25) is 0 Å². The van der Waals surface area contributed by atoms with E-state index in [4.69, 9.17) is 0 Å². The lowest BCUT2D eigenvalue weighted by atomic mass is 9.94. The highest BCUT2D eigenvalue weighted by molar-refractivity contribution is 5.76. The van der Waals surface area contributed by atoms with Crippen LogP contribution < -0.4 is 0 Å². The van der Waals surface area contributed by atoms with Crippen molar-refractivity contribution in [3.8, 4) is 0 Å². The Morgan fingerprint density at radius 3 is 2.58 bits per heavy atom. The molecule has 2 aromatic carbocycles. The Kier molecular flexibility index (Phi) is 6.55. The number of carbonyl (C=O) groups is 1. The summed E-state index contributed by atoms with van der Waals surface area (Å²) in [5.74, 6) is -1.31. The average Bonchev–Trinajstić information content (AvgIpc) is 2.56. The number of hydrazone groups is 1. The minimum absolute atomic E-state index is 0.517. The predicted octanol–water partition coefficient (Wildman–Crippen LogP) is 4.06. The molecule has 4 heteroatoms. The molecule has 0 aliphatic heterocycles. The van der Waals surface area contributed by atoms with Crippen LogP contribution in [-0.2, 0) is 11.3 Å². The lowest BCUT2D eigenvalue weighted by molar-refractivity contribution is -0.139. The van der Waals surface area contributed by atoms with Gasteiger partial charge in [0.25, 0.3) is 0 Å². The van der Waals surface area contributed by atoms with Crippen molar-refractivity contribution >= 4 is 12.2 Å². The Hall–Kier alpha value is -2.62. The first-order chi connectivity index (χ1) is 11.6. The van der Waals surface area contributed by atoms with Gasteiger partial charge >= 0.3 is 5.97 Å². The van der Waals surface area contributed by atoms with E-state index < -0.39 is 11.9 Å². The smallest absolute Gasteiger partial charge is 0.311 e. The maximum atomic E-state index is 11.7. The summed E-state index contributed by atoms with van der Waals surface area (Å²) in [5, 5.41) is 15.9. The van der Waals surface area contributed by atoms with Gasteiger partial charge in [-0.3, -0.25) is 9.80 Å². The highest BCUT2D eigenvalue weighted by Crippen LogP contribution is 2.22. The SMILES string of the molecule is C/C=N\N(CCC(C(=O)O)c1cccc(C)c1)Cc1ccccc1. The van der Waals surface area contributed by atoms with Gasteiger partial charge in [0, 0.05) is 12.8 Å². The molecule has 0 aliphatic rings. The van der Waals surface area contributed by atoms with Crippen LogP contribution in [0.4, 0.5) is 0 Å². The fraction of sp³-hybridized carbons (Fsp3) is 0.300. The standard InChI is InChI=1S/C20H24N2O2/c1-3-21-22(15-17-9-5-4-6-10-17)13-12-19(20(23)24)18-11-7-8-16(2)14-18/h3-11,14,19H,12-13,15H2,1-2H3,(H,23,24)/b21-3-. The third-order valence-corrected chi connectivity index (χ3v) is 3.91. The second kappa shape index (κ2) is 8.87. The van der Waals surface area contributed by atoms with Crippen molar-refractivity contribution in [1.29, 1.82) is 0 Å². The molecule has 0 saturated heterocycles. The van der Waals surface area contributed by atoms with Gasteiger partial charge in [-0.1, -0.05) is 60.2 Å². The van der Waals surface area contributed by atoms with E-state index in [9.17, 15) is 9.90 Å². The van der Waals surface area contributed by atoms with Crippen LogP contribution in [-0.4, -0.2) is 28.8 Å². The van der Waals surface area contributed by atoms with Crippen LogP contribution in [0.25, 0.3) is 0 Å². The summed E-state index contributed by atoms with van der Waals surface area (Å²) in [6, 6.07) is 17.8. The number of aryl methyl sites for hydroxylation is 1. The van der Waals surface area contributed by atoms with Gasteiger partial charge in [-0.15, -0.1) is 0 Å². The molecule has 126 valence electrons. The molecule has 0 spiro atoms. The molecule has 2 rings (SSSR count). The number of benzene rings is 2. The van der Waals surface area contributed by atoms with Gasteiger partial charge in [0.05, 0.1) is 12.5 Å². The second-order valence-corrected chi connectivity index (χ2v) is 5.84. The van der Waals surface area contributed by atoms with Crippen LogP contribution in [0.2, 0.25) is 0 Å². The van der Waals surface area contributed by atoms with Crippen LogP contribution in [0.15, 0.2) is 59.7 Å². The summed E-state index contributed by atoms with van der Waals surface area (Å²) in [6.45, 7) is 5.11. The Morgan fingerprint density at radius 1 is 1.21 bits per heavy atom. The molecule has 1 atom stereocenters. The molecule has 0 aliphatic carbocycles. The van der Waals surface area contributed by atoms with E-state index in [-0.39, 0.29) is 0 Å². The van der Waals surface area contributed by atoms with Crippen LogP contribution in [0.5, 0.6) is 0 Å². The molecule has 2 aromatic rings. The predicted molar refractivity (Wildman–Crippen MR) is 97.2 cm³/mol. The fourth-order valence-corrected chi connectivity index (χ4v) is 2.73. The summed E-state index contributed by atoms with van der Waals surface area (Å²) in [6.07, 6.45) is 2.26. The van der Waals surface area contributed by atoms with Gasteiger partial charge in [-0.05, 0) is 31.4 Å². The summed E-state index contributed by atoms with van der Waals surface area (Å²) in [5.41, 5.74) is 3.08. The van der Waals surface area contributed by atoms with Gasteiger partial charge < -0.3 is 5.11 Å². The van der Waals surface area contributed by atoms with Gasteiger partial charge in [0.15, 0.2) is 0 Å². The number of carboxylic acids is 1. The highest BCUT2D eigenvalue weighted by atomic mass is 16.4. The van der Waals surface area contributed by atoms with Gasteiger partial charge in [-0.2, -0.15) is 5.10 Å². The van der Waals surface area contributed by atoms with Crippen molar-refractivity contribution in [2.24, 2.45) is 5.10 Å². The molecule has 0 saturated carbocycles. The molecule has 0 heterocycles. The summed E-state index contributed by atoms with van der Waals surface area (Å²) in [7, 11) is 0. The zero-order valence-electron chi connectivity index (χ0n) is 14.2. The van der Waals surface area contributed by atoms with Gasteiger partial charge in [-0.25, -0.2) is 0 Å². The quantitative estimate of drug-likeness (QED) is 0.588. The Balaban J connectivity index is 2.06. The molecule has 0 bridgehead atoms. The minimum atomic E-state index is -0.791. The number of hydrogen-bond acceptors (Lipinski definition) is 3. The van der Waals surface area contributed by atoms with Crippen molar-refractivity contribution in [2.75, 3.05) is 6.54 Å². The van der Waals surface area contributed by atoms with Crippen molar-refractivity contribution in [1.82, 2.24) is 5.01 Å². The second-order valence-electron chi connectivity index (χ2n) is 5.84.